The summed E-state index contributed by atoms with van der Waals surface area (Å²) in [5.74, 6) is 1.87. The molecule has 0 unspecified atom stereocenters. The van der Waals surface area contributed by atoms with E-state index in [0.29, 0.717) is 0 Å². The van der Waals surface area contributed by atoms with Gasteiger partial charge in [-0.25, -0.2) is 4.98 Å². The number of hydrogen-bond donors (Lipinski definition) is 1. The number of rotatable bonds is 3. The Labute approximate surface area is 91.9 Å². The zero-order chi connectivity index (χ0) is 10.7. The van der Waals surface area contributed by atoms with Gasteiger partial charge < -0.3 is 9.88 Å². The summed E-state index contributed by atoms with van der Waals surface area (Å²) in [6, 6.07) is 0. The van der Waals surface area contributed by atoms with Gasteiger partial charge in [-0.15, -0.1) is 0 Å². The van der Waals surface area contributed by atoms with Gasteiger partial charge in [0, 0.05) is 19.8 Å². The minimum absolute atomic E-state index is 0.861. The summed E-state index contributed by atoms with van der Waals surface area (Å²) in [7, 11) is 1.94. The Morgan fingerprint density at radius 1 is 1.40 bits per heavy atom. The van der Waals surface area contributed by atoms with Crippen LogP contribution in [0.4, 0.5) is 5.95 Å². The van der Waals surface area contributed by atoms with Crippen LogP contribution < -0.4 is 5.32 Å². The molecule has 0 radical (unpaired) electrons. The quantitative estimate of drug-likeness (QED) is 0.826. The first kappa shape index (κ1) is 10.5. The Morgan fingerprint density at radius 3 is 2.80 bits per heavy atom. The topological polar surface area (TPSA) is 29.9 Å². The van der Waals surface area contributed by atoms with E-state index < -0.39 is 0 Å². The summed E-state index contributed by atoms with van der Waals surface area (Å²) in [5.41, 5.74) is 1.11. The van der Waals surface area contributed by atoms with Crippen molar-refractivity contribution in [1.82, 2.24) is 9.55 Å². The van der Waals surface area contributed by atoms with E-state index >= 15 is 0 Å². The molecule has 1 aliphatic rings. The van der Waals surface area contributed by atoms with E-state index in [1.807, 2.05) is 7.05 Å². The third-order valence-electron chi connectivity index (χ3n) is 3.30. The lowest BCUT2D eigenvalue weighted by molar-refractivity contribution is 0.320. The van der Waals surface area contributed by atoms with E-state index in [2.05, 4.69) is 28.0 Å². The van der Waals surface area contributed by atoms with Crippen LogP contribution in [0.5, 0.6) is 0 Å². The van der Waals surface area contributed by atoms with Crippen molar-refractivity contribution in [3.63, 3.8) is 0 Å². The molecule has 1 N–H and O–H groups in total. The zero-order valence-corrected chi connectivity index (χ0v) is 9.79. The molecule has 0 saturated heterocycles. The normalized spacial score (nSPS) is 18.0. The molecule has 0 spiro atoms. The Hall–Kier alpha value is -0.990. The van der Waals surface area contributed by atoms with E-state index in [4.69, 9.17) is 0 Å². The molecule has 1 aliphatic carbocycles. The second-order valence-corrected chi connectivity index (χ2v) is 4.61. The lowest BCUT2D eigenvalue weighted by Gasteiger charge is -2.22. The average molecular weight is 207 g/mol. The van der Waals surface area contributed by atoms with Gasteiger partial charge in [-0.1, -0.05) is 19.3 Å². The van der Waals surface area contributed by atoms with Crippen LogP contribution in [0.15, 0.2) is 6.20 Å². The Kier molecular flexibility index (Phi) is 3.29. The lowest BCUT2D eigenvalue weighted by atomic mass is 9.89. The molecule has 2 rings (SSSR count). The molecule has 0 bridgehead atoms. The number of hydrogen-bond acceptors (Lipinski definition) is 2. The van der Waals surface area contributed by atoms with Gasteiger partial charge in [0.1, 0.15) is 0 Å². The number of aryl methyl sites for hydroxylation is 1. The van der Waals surface area contributed by atoms with Crippen LogP contribution in [0.2, 0.25) is 0 Å². The van der Waals surface area contributed by atoms with E-state index in [-0.39, 0.29) is 0 Å². The van der Waals surface area contributed by atoms with Crippen LogP contribution in [-0.2, 0) is 6.54 Å². The molecule has 1 fully saturated rings. The molecule has 84 valence electrons. The molecule has 0 aliphatic heterocycles. The van der Waals surface area contributed by atoms with Gasteiger partial charge in [-0.05, 0) is 25.7 Å². The molecule has 3 heteroatoms. The van der Waals surface area contributed by atoms with Crippen molar-refractivity contribution < 1.29 is 0 Å². The van der Waals surface area contributed by atoms with E-state index in [1.165, 1.54) is 32.1 Å². The maximum atomic E-state index is 4.45. The summed E-state index contributed by atoms with van der Waals surface area (Å²) in [5, 5.41) is 3.16. The van der Waals surface area contributed by atoms with Gasteiger partial charge in [0.25, 0.3) is 0 Å². The first-order valence-electron chi connectivity index (χ1n) is 6.01. The lowest BCUT2D eigenvalue weighted by Crippen LogP contribution is -2.15. The summed E-state index contributed by atoms with van der Waals surface area (Å²) in [6.45, 7) is 3.19. The van der Waals surface area contributed by atoms with Gasteiger partial charge in [-0.2, -0.15) is 0 Å². The highest BCUT2D eigenvalue weighted by atomic mass is 15.2. The Morgan fingerprint density at radius 2 is 2.13 bits per heavy atom. The van der Waals surface area contributed by atoms with Gasteiger partial charge in [0.2, 0.25) is 5.95 Å². The highest BCUT2D eigenvalue weighted by Crippen LogP contribution is 2.26. The van der Waals surface area contributed by atoms with Crippen molar-refractivity contribution in [3.05, 3.63) is 11.9 Å². The zero-order valence-electron chi connectivity index (χ0n) is 9.79. The third-order valence-corrected chi connectivity index (χ3v) is 3.30. The van der Waals surface area contributed by atoms with Crippen LogP contribution in [0, 0.1) is 12.8 Å². The van der Waals surface area contributed by atoms with Crippen molar-refractivity contribution >= 4 is 5.95 Å². The highest BCUT2D eigenvalue weighted by molar-refractivity contribution is 5.27. The van der Waals surface area contributed by atoms with Gasteiger partial charge in [0.05, 0.1) is 5.69 Å². The summed E-state index contributed by atoms with van der Waals surface area (Å²) in [4.78, 5) is 4.45. The van der Waals surface area contributed by atoms with Crippen molar-refractivity contribution in [2.75, 3.05) is 12.4 Å². The fourth-order valence-electron chi connectivity index (χ4n) is 2.53. The van der Waals surface area contributed by atoms with Crippen LogP contribution in [0.3, 0.4) is 0 Å². The van der Waals surface area contributed by atoms with Crippen molar-refractivity contribution in [2.24, 2.45) is 5.92 Å². The van der Waals surface area contributed by atoms with Gasteiger partial charge in [0.15, 0.2) is 0 Å². The molecular weight excluding hydrogens is 186 g/mol. The van der Waals surface area contributed by atoms with Crippen molar-refractivity contribution in [1.29, 1.82) is 0 Å². The standard InChI is InChI=1S/C12H21N3/c1-10-8-15(12(13-2)14-10)9-11-6-4-3-5-7-11/h8,11H,3-7,9H2,1-2H3,(H,13,14). The molecule has 0 amide bonds. The highest BCUT2D eigenvalue weighted by Gasteiger charge is 2.15. The van der Waals surface area contributed by atoms with E-state index in [1.54, 1.807) is 0 Å². The second-order valence-electron chi connectivity index (χ2n) is 4.61. The molecule has 1 heterocycles. The average Bonchev–Trinajstić information content (AvgIpc) is 2.60. The number of anilines is 1. The fourth-order valence-corrected chi connectivity index (χ4v) is 2.53. The second kappa shape index (κ2) is 4.69. The molecule has 3 nitrogen and oxygen atoms in total. The SMILES string of the molecule is CNc1nc(C)cn1CC1CCCCC1. The van der Waals surface area contributed by atoms with E-state index in [9.17, 15) is 0 Å². The number of nitrogens with one attached hydrogen (secondary N) is 1. The van der Waals surface area contributed by atoms with Gasteiger partial charge in [-0.3, -0.25) is 0 Å². The monoisotopic (exact) mass is 207 g/mol. The van der Waals surface area contributed by atoms with Gasteiger partial charge >= 0.3 is 0 Å². The molecule has 1 saturated carbocycles. The minimum Gasteiger partial charge on any atom is -0.359 e. The summed E-state index contributed by atoms with van der Waals surface area (Å²) < 4.78 is 2.27. The third kappa shape index (κ3) is 2.52. The molecule has 1 aromatic heterocycles. The first-order valence-corrected chi connectivity index (χ1v) is 6.01. The Balaban J connectivity index is 2.02. The van der Waals surface area contributed by atoms with Crippen LogP contribution in [-0.4, -0.2) is 16.6 Å². The van der Waals surface area contributed by atoms with Crippen LogP contribution >= 0.6 is 0 Å². The maximum Gasteiger partial charge on any atom is 0.202 e. The van der Waals surface area contributed by atoms with Crippen LogP contribution in [0.25, 0.3) is 0 Å². The molecule has 0 aromatic carbocycles. The summed E-state index contributed by atoms with van der Waals surface area (Å²) in [6.07, 6.45) is 9.18. The number of imidazole rings is 1. The van der Waals surface area contributed by atoms with Crippen molar-refractivity contribution in [3.8, 4) is 0 Å². The largest absolute Gasteiger partial charge is 0.359 e. The molecule has 15 heavy (non-hydrogen) atoms. The number of aromatic nitrogens is 2. The Bertz CT molecular complexity index is 311. The summed E-state index contributed by atoms with van der Waals surface area (Å²) >= 11 is 0. The molecular formula is C12H21N3. The van der Waals surface area contributed by atoms with E-state index in [0.717, 1.165) is 24.1 Å². The predicted molar refractivity (Wildman–Crippen MR) is 63.1 cm³/mol. The number of nitrogens with zero attached hydrogens (tertiary/aromatic N) is 2. The maximum absolute atomic E-state index is 4.45. The smallest absolute Gasteiger partial charge is 0.202 e. The van der Waals surface area contributed by atoms with Crippen LogP contribution in [0.1, 0.15) is 37.8 Å². The first-order chi connectivity index (χ1) is 7.29. The predicted octanol–water partition coefficient (Wildman–Crippen LogP) is 2.81. The fraction of sp³-hybridized carbons (Fsp3) is 0.750. The molecule has 0 atom stereocenters. The van der Waals surface area contributed by atoms with Crippen molar-refractivity contribution in [2.45, 2.75) is 45.6 Å². The molecule has 1 aromatic rings. The minimum atomic E-state index is 0.861.